The van der Waals surface area contributed by atoms with Crippen molar-refractivity contribution in [2.45, 2.75) is 17.8 Å². The summed E-state index contributed by atoms with van der Waals surface area (Å²) in [6, 6.07) is 11.9. The van der Waals surface area contributed by atoms with Crippen molar-refractivity contribution in [1.82, 2.24) is 14.5 Å². The predicted molar refractivity (Wildman–Crippen MR) is 99.6 cm³/mol. The number of amides is 1. The Kier molecular flexibility index (Phi) is 5.08. The highest BCUT2D eigenvalue weighted by molar-refractivity contribution is 7.98. The second-order valence-corrected chi connectivity index (χ2v) is 6.28. The molecule has 8 heteroatoms. The Morgan fingerprint density at radius 1 is 1.32 bits per heavy atom. The first-order chi connectivity index (χ1) is 12.1. The van der Waals surface area contributed by atoms with Gasteiger partial charge in [-0.3, -0.25) is 5.32 Å². The number of nitrogens with zero attached hydrogens (tertiary/aromatic N) is 3. The van der Waals surface area contributed by atoms with E-state index < -0.39 is 6.09 Å². The predicted octanol–water partition coefficient (Wildman–Crippen LogP) is 3.41. The second-order valence-electron chi connectivity index (χ2n) is 5.33. The lowest BCUT2D eigenvalue weighted by Crippen LogP contribution is -2.14. The topological polar surface area (TPSA) is 95.1 Å². The van der Waals surface area contributed by atoms with Crippen LogP contribution in [0.25, 0.3) is 11.0 Å². The molecule has 1 aromatic carbocycles. The summed E-state index contributed by atoms with van der Waals surface area (Å²) >= 11 is 1.62. The van der Waals surface area contributed by atoms with Gasteiger partial charge in [-0.15, -0.1) is 0 Å². The zero-order valence-electron chi connectivity index (χ0n) is 14.0. The van der Waals surface area contributed by atoms with Crippen molar-refractivity contribution < 1.29 is 9.53 Å². The third-order valence-electron chi connectivity index (χ3n) is 3.57. The molecule has 0 spiro atoms. The molecule has 0 saturated carbocycles. The van der Waals surface area contributed by atoms with Crippen molar-refractivity contribution in [2.75, 3.05) is 17.7 Å². The molecule has 130 valence electrons. The SMILES string of the molecule is CCOC(=O)Nc1cc2c(nc(SCc3ccccc3)n2C)c(N)n1. The average Bonchev–Trinajstić information content (AvgIpc) is 2.91. The van der Waals surface area contributed by atoms with Gasteiger partial charge in [0, 0.05) is 18.9 Å². The third-order valence-corrected chi connectivity index (χ3v) is 4.67. The zero-order chi connectivity index (χ0) is 17.8. The van der Waals surface area contributed by atoms with E-state index in [-0.39, 0.29) is 12.4 Å². The van der Waals surface area contributed by atoms with Crippen LogP contribution >= 0.6 is 11.8 Å². The van der Waals surface area contributed by atoms with Crippen molar-refractivity contribution in [3.63, 3.8) is 0 Å². The number of nitrogen functional groups attached to an aromatic ring is 1. The lowest BCUT2D eigenvalue weighted by Gasteiger charge is -2.06. The summed E-state index contributed by atoms with van der Waals surface area (Å²) in [5.41, 5.74) is 8.64. The molecular formula is C17H19N5O2S. The Morgan fingerprint density at radius 2 is 2.08 bits per heavy atom. The van der Waals surface area contributed by atoms with Crippen molar-refractivity contribution in [2.24, 2.45) is 7.05 Å². The number of nitrogens with two attached hydrogens (primary N) is 1. The van der Waals surface area contributed by atoms with E-state index in [9.17, 15) is 4.79 Å². The first-order valence-corrected chi connectivity index (χ1v) is 8.80. The molecule has 25 heavy (non-hydrogen) atoms. The number of anilines is 2. The molecule has 0 unspecified atom stereocenters. The molecule has 7 nitrogen and oxygen atoms in total. The monoisotopic (exact) mass is 357 g/mol. The molecule has 3 N–H and O–H groups in total. The van der Waals surface area contributed by atoms with Crippen molar-refractivity contribution in [1.29, 1.82) is 0 Å². The molecule has 0 atom stereocenters. The van der Waals surface area contributed by atoms with Gasteiger partial charge in [-0.2, -0.15) is 0 Å². The summed E-state index contributed by atoms with van der Waals surface area (Å²) in [4.78, 5) is 20.3. The van der Waals surface area contributed by atoms with E-state index in [4.69, 9.17) is 10.5 Å². The van der Waals surface area contributed by atoms with Crippen molar-refractivity contribution in [3.8, 4) is 0 Å². The van der Waals surface area contributed by atoms with E-state index in [2.05, 4.69) is 27.4 Å². The van der Waals surface area contributed by atoms with Gasteiger partial charge in [0.05, 0.1) is 12.1 Å². The van der Waals surface area contributed by atoms with Gasteiger partial charge in [-0.1, -0.05) is 42.1 Å². The highest BCUT2D eigenvalue weighted by atomic mass is 32.2. The van der Waals surface area contributed by atoms with Crippen LogP contribution in [0, 0.1) is 0 Å². The molecule has 0 aliphatic rings. The first-order valence-electron chi connectivity index (χ1n) is 7.82. The number of pyridine rings is 1. The molecule has 2 aromatic heterocycles. The molecule has 0 saturated heterocycles. The Bertz CT molecular complexity index is 895. The Labute approximate surface area is 149 Å². The summed E-state index contributed by atoms with van der Waals surface area (Å²) < 4.78 is 6.81. The number of aromatic nitrogens is 3. The van der Waals surface area contributed by atoms with Crippen LogP contribution in [0.15, 0.2) is 41.6 Å². The standard InChI is InChI=1S/C17H19N5O2S/c1-3-24-17(23)20-13-9-12-14(15(18)19-13)21-16(22(12)2)25-10-11-7-5-4-6-8-11/h4-9H,3,10H2,1-2H3,(H3,18,19,20,23). The number of benzene rings is 1. The quantitative estimate of drug-likeness (QED) is 0.680. The number of nitrogens with one attached hydrogen (secondary N) is 1. The van der Waals surface area contributed by atoms with Crippen molar-refractivity contribution >= 4 is 40.5 Å². The van der Waals surface area contributed by atoms with Crippen LogP contribution in [0.3, 0.4) is 0 Å². The minimum absolute atomic E-state index is 0.270. The summed E-state index contributed by atoms with van der Waals surface area (Å²) in [6.45, 7) is 2.03. The number of imidazole rings is 1. The van der Waals surface area contributed by atoms with Gasteiger partial charge in [0.1, 0.15) is 11.3 Å². The van der Waals surface area contributed by atoms with Crippen LogP contribution in [0.2, 0.25) is 0 Å². The maximum atomic E-state index is 11.6. The molecule has 3 rings (SSSR count). The highest BCUT2D eigenvalue weighted by Gasteiger charge is 2.14. The molecule has 0 radical (unpaired) electrons. The molecule has 0 fully saturated rings. The largest absolute Gasteiger partial charge is 0.450 e. The van der Waals surface area contributed by atoms with Gasteiger partial charge in [0.2, 0.25) is 0 Å². The molecule has 2 heterocycles. The minimum Gasteiger partial charge on any atom is -0.450 e. The summed E-state index contributed by atoms with van der Waals surface area (Å²) in [5.74, 6) is 1.41. The normalized spacial score (nSPS) is 10.8. The molecular weight excluding hydrogens is 338 g/mol. The first kappa shape index (κ1) is 17.1. The number of carbonyl (C=O) groups is 1. The number of rotatable bonds is 5. The summed E-state index contributed by atoms with van der Waals surface area (Å²) in [7, 11) is 1.91. The maximum absolute atomic E-state index is 11.6. The van der Waals surface area contributed by atoms with Gasteiger partial charge in [0.25, 0.3) is 0 Å². The molecule has 1 amide bonds. The fourth-order valence-corrected chi connectivity index (χ4v) is 3.31. The van der Waals surface area contributed by atoms with E-state index in [1.807, 2.05) is 29.8 Å². The van der Waals surface area contributed by atoms with Gasteiger partial charge in [-0.25, -0.2) is 14.8 Å². The molecule has 0 aliphatic carbocycles. The van der Waals surface area contributed by atoms with E-state index in [1.165, 1.54) is 5.56 Å². The Balaban J connectivity index is 1.85. The van der Waals surface area contributed by atoms with Crippen LogP contribution in [-0.4, -0.2) is 27.2 Å². The van der Waals surface area contributed by atoms with E-state index >= 15 is 0 Å². The Hall–Kier alpha value is -2.74. The number of thioether (sulfide) groups is 1. The van der Waals surface area contributed by atoms with Gasteiger partial charge in [-0.05, 0) is 12.5 Å². The number of aryl methyl sites for hydroxylation is 1. The van der Waals surface area contributed by atoms with E-state index in [1.54, 1.807) is 24.8 Å². The second kappa shape index (κ2) is 7.43. The average molecular weight is 357 g/mol. The van der Waals surface area contributed by atoms with Crippen molar-refractivity contribution in [3.05, 3.63) is 42.0 Å². The highest BCUT2D eigenvalue weighted by Crippen LogP contribution is 2.29. The lowest BCUT2D eigenvalue weighted by atomic mass is 10.2. The Morgan fingerprint density at radius 3 is 2.80 bits per heavy atom. The van der Waals surface area contributed by atoms with Gasteiger partial charge < -0.3 is 15.0 Å². The summed E-state index contributed by atoms with van der Waals surface area (Å²) in [6.07, 6.45) is -0.561. The fourth-order valence-electron chi connectivity index (χ4n) is 2.37. The summed E-state index contributed by atoms with van der Waals surface area (Å²) in [5, 5.41) is 3.40. The van der Waals surface area contributed by atoms with Crippen LogP contribution in [0.5, 0.6) is 0 Å². The molecule has 3 aromatic rings. The van der Waals surface area contributed by atoms with Gasteiger partial charge >= 0.3 is 6.09 Å². The lowest BCUT2D eigenvalue weighted by molar-refractivity contribution is 0.168. The molecule has 0 bridgehead atoms. The maximum Gasteiger partial charge on any atom is 0.412 e. The number of carbonyl (C=O) groups excluding carboxylic acids is 1. The van der Waals surface area contributed by atoms with E-state index in [0.29, 0.717) is 11.3 Å². The minimum atomic E-state index is -0.561. The number of hydrogen-bond donors (Lipinski definition) is 2. The van der Waals surface area contributed by atoms with Crippen LogP contribution in [0.4, 0.5) is 16.4 Å². The number of ether oxygens (including phenoxy) is 1. The zero-order valence-corrected chi connectivity index (χ0v) is 14.8. The smallest absolute Gasteiger partial charge is 0.412 e. The number of fused-ring (bicyclic) bond motifs is 1. The van der Waals surface area contributed by atoms with Crippen LogP contribution in [-0.2, 0) is 17.5 Å². The fraction of sp³-hybridized carbons (Fsp3) is 0.235. The molecule has 0 aliphatic heterocycles. The van der Waals surface area contributed by atoms with E-state index in [0.717, 1.165) is 16.4 Å². The number of hydrogen-bond acceptors (Lipinski definition) is 6. The van der Waals surface area contributed by atoms with Gasteiger partial charge in [0.15, 0.2) is 11.0 Å². The van der Waals surface area contributed by atoms with Crippen LogP contribution in [0.1, 0.15) is 12.5 Å². The van der Waals surface area contributed by atoms with Crippen LogP contribution < -0.4 is 11.1 Å². The third kappa shape index (κ3) is 3.85.